The molecule has 1 N–H and O–H groups in total. The molecular formula is C21H22N4O4. The van der Waals surface area contributed by atoms with Gasteiger partial charge in [-0.3, -0.25) is 14.9 Å². The molecule has 0 aliphatic heterocycles. The number of aryl methyl sites for hydroxylation is 2. The Balaban J connectivity index is 1.65. The van der Waals surface area contributed by atoms with Crippen LogP contribution in [0.15, 0.2) is 48.5 Å². The largest absolute Gasteiger partial charge is 0.493 e. The molecule has 3 aromatic rings. The lowest BCUT2D eigenvalue weighted by Crippen LogP contribution is -2.17. The summed E-state index contributed by atoms with van der Waals surface area (Å²) in [6.07, 6.45) is 0.178. The first-order chi connectivity index (χ1) is 13.8. The van der Waals surface area contributed by atoms with E-state index in [2.05, 4.69) is 10.4 Å². The lowest BCUT2D eigenvalue weighted by Gasteiger charge is -2.11. The Bertz CT molecular complexity index is 1040. The summed E-state index contributed by atoms with van der Waals surface area (Å²) in [7, 11) is 0. The SMILES string of the molecule is Cc1cc(NC(=O)CCOc2cccc(C)c2C)n(-c2ccc([N+](=O)[O-])cc2)n1. The molecule has 0 spiro atoms. The van der Waals surface area contributed by atoms with Gasteiger partial charge in [0.1, 0.15) is 11.6 Å². The van der Waals surface area contributed by atoms with Crippen molar-refractivity contribution in [1.82, 2.24) is 9.78 Å². The molecule has 0 radical (unpaired) electrons. The number of aromatic nitrogens is 2. The first kappa shape index (κ1) is 20.1. The van der Waals surface area contributed by atoms with E-state index in [0.717, 1.165) is 16.9 Å². The van der Waals surface area contributed by atoms with Gasteiger partial charge in [0, 0.05) is 18.2 Å². The molecule has 0 saturated heterocycles. The standard InChI is InChI=1S/C21H22N4O4/c1-14-5-4-6-19(16(14)3)29-12-11-21(26)22-20-13-15(2)23-24(20)17-7-9-18(10-8-17)25(27)28/h4-10,13H,11-12H2,1-3H3,(H,22,26). The number of nitro groups is 1. The molecule has 0 aliphatic carbocycles. The third kappa shape index (κ3) is 4.78. The van der Waals surface area contributed by atoms with E-state index in [0.29, 0.717) is 17.2 Å². The summed E-state index contributed by atoms with van der Waals surface area (Å²) in [6, 6.07) is 13.5. The number of hydrogen-bond donors (Lipinski definition) is 1. The van der Waals surface area contributed by atoms with E-state index in [-0.39, 0.29) is 24.6 Å². The number of nitrogens with zero attached hydrogens (tertiary/aromatic N) is 3. The number of carbonyl (C=O) groups is 1. The lowest BCUT2D eigenvalue weighted by molar-refractivity contribution is -0.384. The Hall–Kier alpha value is -3.68. The van der Waals surface area contributed by atoms with Crippen LogP contribution in [0.5, 0.6) is 5.75 Å². The van der Waals surface area contributed by atoms with Crippen LogP contribution in [-0.2, 0) is 4.79 Å². The predicted molar refractivity (Wildman–Crippen MR) is 110 cm³/mol. The van der Waals surface area contributed by atoms with Crippen LogP contribution in [-0.4, -0.2) is 27.2 Å². The van der Waals surface area contributed by atoms with Gasteiger partial charge in [-0.15, -0.1) is 0 Å². The smallest absolute Gasteiger partial charge is 0.269 e. The Morgan fingerprint density at radius 2 is 1.90 bits per heavy atom. The van der Waals surface area contributed by atoms with Crippen LogP contribution in [0, 0.1) is 30.9 Å². The van der Waals surface area contributed by atoms with Gasteiger partial charge in [0.2, 0.25) is 5.91 Å². The Kier molecular flexibility index (Phi) is 5.92. The average Bonchev–Trinajstić information content (AvgIpc) is 3.05. The van der Waals surface area contributed by atoms with E-state index in [1.165, 1.54) is 12.1 Å². The van der Waals surface area contributed by atoms with Gasteiger partial charge < -0.3 is 10.1 Å². The van der Waals surface area contributed by atoms with Crippen LogP contribution < -0.4 is 10.1 Å². The van der Waals surface area contributed by atoms with Gasteiger partial charge >= 0.3 is 0 Å². The van der Waals surface area contributed by atoms with Crippen molar-refractivity contribution in [3.8, 4) is 11.4 Å². The molecule has 0 bridgehead atoms. The van der Waals surface area contributed by atoms with Gasteiger partial charge in [0.05, 0.1) is 29.3 Å². The molecular weight excluding hydrogens is 372 g/mol. The summed E-state index contributed by atoms with van der Waals surface area (Å²) in [4.78, 5) is 22.7. The number of benzene rings is 2. The van der Waals surface area contributed by atoms with Gasteiger partial charge in [0.15, 0.2) is 0 Å². The maximum atomic E-state index is 12.4. The second-order valence-corrected chi connectivity index (χ2v) is 6.70. The van der Waals surface area contributed by atoms with E-state index in [1.54, 1.807) is 29.8 Å². The zero-order chi connectivity index (χ0) is 21.0. The number of non-ortho nitro benzene ring substituents is 1. The number of anilines is 1. The minimum absolute atomic E-state index is 0.00759. The van der Waals surface area contributed by atoms with E-state index in [4.69, 9.17) is 4.74 Å². The number of hydrogen-bond acceptors (Lipinski definition) is 5. The van der Waals surface area contributed by atoms with Crippen LogP contribution >= 0.6 is 0 Å². The fourth-order valence-electron chi connectivity index (χ4n) is 2.84. The fourth-order valence-corrected chi connectivity index (χ4v) is 2.84. The molecule has 150 valence electrons. The summed E-state index contributed by atoms with van der Waals surface area (Å²) < 4.78 is 7.28. The number of carbonyl (C=O) groups excluding carboxylic acids is 1. The Morgan fingerprint density at radius 1 is 1.17 bits per heavy atom. The van der Waals surface area contributed by atoms with Crippen LogP contribution in [0.4, 0.5) is 11.5 Å². The van der Waals surface area contributed by atoms with Gasteiger partial charge in [-0.2, -0.15) is 5.10 Å². The third-order valence-corrected chi connectivity index (χ3v) is 4.55. The van der Waals surface area contributed by atoms with Crippen molar-refractivity contribution in [2.75, 3.05) is 11.9 Å². The number of nitro benzene ring substituents is 1. The highest BCUT2D eigenvalue weighted by Crippen LogP contribution is 2.22. The zero-order valence-electron chi connectivity index (χ0n) is 16.5. The van der Waals surface area contributed by atoms with Crippen molar-refractivity contribution in [3.05, 3.63) is 75.5 Å². The monoisotopic (exact) mass is 394 g/mol. The molecule has 0 saturated carbocycles. The second kappa shape index (κ2) is 8.55. The molecule has 0 unspecified atom stereocenters. The normalized spacial score (nSPS) is 10.6. The van der Waals surface area contributed by atoms with Crippen molar-refractivity contribution in [2.24, 2.45) is 0 Å². The first-order valence-corrected chi connectivity index (χ1v) is 9.15. The summed E-state index contributed by atoms with van der Waals surface area (Å²) >= 11 is 0. The average molecular weight is 394 g/mol. The molecule has 0 fully saturated rings. The third-order valence-electron chi connectivity index (χ3n) is 4.55. The molecule has 8 heteroatoms. The quantitative estimate of drug-likeness (QED) is 0.480. The molecule has 0 aliphatic rings. The molecule has 29 heavy (non-hydrogen) atoms. The molecule has 1 aromatic heterocycles. The van der Waals surface area contributed by atoms with E-state index in [1.807, 2.05) is 32.0 Å². The van der Waals surface area contributed by atoms with Crippen molar-refractivity contribution >= 4 is 17.4 Å². The predicted octanol–water partition coefficient (Wildman–Crippen LogP) is 4.11. The fraction of sp³-hybridized carbons (Fsp3) is 0.238. The van der Waals surface area contributed by atoms with Gasteiger partial charge in [0.25, 0.3) is 5.69 Å². The highest BCUT2D eigenvalue weighted by molar-refractivity contribution is 5.90. The highest BCUT2D eigenvalue weighted by Gasteiger charge is 2.13. The Morgan fingerprint density at radius 3 is 2.59 bits per heavy atom. The number of nitrogens with one attached hydrogen (secondary N) is 1. The lowest BCUT2D eigenvalue weighted by atomic mass is 10.1. The van der Waals surface area contributed by atoms with E-state index >= 15 is 0 Å². The molecule has 2 aromatic carbocycles. The highest BCUT2D eigenvalue weighted by atomic mass is 16.6. The second-order valence-electron chi connectivity index (χ2n) is 6.70. The van der Waals surface area contributed by atoms with Crippen LogP contribution in [0.3, 0.4) is 0 Å². The van der Waals surface area contributed by atoms with Crippen molar-refractivity contribution in [2.45, 2.75) is 27.2 Å². The molecule has 1 amide bonds. The summed E-state index contributed by atoms with van der Waals surface area (Å²) in [5, 5.41) is 18.0. The zero-order valence-corrected chi connectivity index (χ0v) is 16.5. The van der Waals surface area contributed by atoms with Crippen LogP contribution in [0.25, 0.3) is 5.69 Å². The number of ether oxygens (including phenoxy) is 1. The Labute approximate surface area is 168 Å². The maximum absolute atomic E-state index is 12.4. The summed E-state index contributed by atoms with van der Waals surface area (Å²) in [5.41, 5.74) is 3.51. The molecule has 0 atom stereocenters. The summed E-state index contributed by atoms with van der Waals surface area (Å²) in [6.45, 7) is 6.05. The first-order valence-electron chi connectivity index (χ1n) is 9.15. The van der Waals surface area contributed by atoms with Crippen LogP contribution in [0.1, 0.15) is 23.2 Å². The topological polar surface area (TPSA) is 99.3 Å². The van der Waals surface area contributed by atoms with Gasteiger partial charge in [-0.05, 0) is 50.1 Å². The molecule has 3 rings (SSSR count). The molecule has 8 nitrogen and oxygen atoms in total. The van der Waals surface area contributed by atoms with Crippen molar-refractivity contribution in [3.63, 3.8) is 0 Å². The van der Waals surface area contributed by atoms with Crippen LogP contribution in [0.2, 0.25) is 0 Å². The van der Waals surface area contributed by atoms with E-state index in [9.17, 15) is 14.9 Å². The van der Waals surface area contributed by atoms with Crippen molar-refractivity contribution < 1.29 is 14.5 Å². The van der Waals surface area contributed by atoms with Gasteiger partial charge in [-0.25, -0.2) is 4.68 Å². The minimum atomic E-state index is -0.462. The number of amides is 1. The minimum Gasteiger partial charge on any atom is -0.493 e. The maximum Gasteiger partial charge on any atom is 0.269 e. The number of rotatable bonds is 7. The summed E-state index contributed by atoms with van der Waals surface area (Å²) in [5.74, 6) is 1.05. The van der Waals surface area contributed by atoms with Gasteiger partial charge in [-0.1, -0.05) is 12.1 Å². The molecule has 1 heterocycles. The van der Waals surface area contributed by atoms with Crippen molar-refractivity contribution in [1.29, 1.82) is 0 Å². The van der Waals surface area contributed by atoms with E-state index < -0.39 is 4.92 Å².